The third kappa shape index (κ3) is 4.95. The van der Waals surface area contributed by atoms with Crippen LogP contribution in [0.2, 0.25) is 5.02 Å². The van der Waals surface area contributed by atoms with Crippen molar-refractivity contribution in [2.24, 2.45) is 0 Å². The monoisotopic (exact) mass is 515 g/mol. The van der Waals surface area contributed by atoms with Crippen LogP contribution < -0.4 is 5.32 Å². The molecule has 0 aliphatic carbocycles. The zero-order valence-electron chi connectivity index (χ0n) is 16.7. The normalized spacial score (nSPS) is 12.1. The van der Waals surface area contributed by atoms with Crippen LogP contribution in [0.3, 0.4) is 0 Å². The molecule has 1 N–H and O–H groups in total. The number of nitrogens with zero attached hydrogens (tertiary/aromatic N) is 2. The molecule has 0 fully saturated rings. The lowest BCUT2D eigenvalue weighted by Crippen LogP contribution is -2.14. The van der Waals surface area contributed by atoms with E-state index in [-0.39, 0.29) is 27.7 Å². The summed E-state index contributed by atoms with van der Waals surface area (Å²) >= 11 is 7.14. The molecule has 0 saturated carbocycles. The minimum atomic E-state index is -4.65. The SMILES string of the molecule is O=C(Nc1cc(C(F)(F)F)ccc1Cl)c1ccc(-n2nc(C(F)(F)F)cc2-c2cccs2)cc1. The van der Waals surface area contributed by atoms with Crippen LogP contribution in [0, 0.1) is 0 Å². The van der Waals surface area contributed by atoms with E-state index >= 15 is 0 Å². The Morgan fingerprint density at radius 3 is 2.24 bits per heavy atom. The lowest BCUT2D eigenvalue weighted by atomic mass is 10.1. The number of nitrogens with one attached hydrogen (secondary N) is 1. The van der Waals surface area contributed by atoms with Gasteiger partial charge in [0, 0.05) is 5.56 Å². The molecule has 0 radical (unpaired) electrons. The molecule has 4 rings (SSSR count). The van der Waals surface area contributed by atoms with Crippen LogP contribution in [-0.2, 0) is 12.4 Å². The van der Waals surface area contributed by atoms with Gasteiger partial charge in [0.05, 0.1) is 32.5 Å². The Morgan fingerprint density at radius 1 is 0.941 bits per heavy atom. The highest BCUT2D eigenvalue weighted by Gasteiger charge is 2.35. The quantitative estimate of drug-likeness (QED) is 0.285. The van der Waals surface area contributed by atoms with E-state index in [9.17, 15) is 31.1 Å². The molecule has 1 amide bonds. The van der Waals surface area contributed by atoms with Crippen LogP contribution in [-0.4, -0.2) is 15.7 Å². The fourth-order valence-electron chi connectivity index (χ4n) is 3.06. The van der Waals surface area contributed by atoms with Gasteiger partial charge >= 0.3 is 12.4 Å². The summed E-state index contributed by atoms with van der Waals surface area (Å²) in [5.74, 6) is -0.747. The zero-order chi connectivity index (χ0) is 24.7. The average Bonchev–Trinajstić information content (AvgIpc) is 3.44. The Kier molecular flexibility index (Phi) is 6.17. The van der Waals surface area contributed by atoms with Gasteiger partial charge in [-0.25, -0.2) is 4.68 Å². The number of aromatic nitrogens is 2. The summed E-state index contributed by atoms with van der Waals surface area (Å²) in [6.45, 7) is 0. The lowest BCUT2D eigenvalue weighted by Gasteiger charge is -2.12. The molecule has 2 aromatic carbocycles. The number of alkyl halides is 6. The highest BCUT2D eigenvalue weighted by atomic mass is 35.5. The minimum absolute atomic E-state index is 0.0538. The first-order chi connectivity index (χ1) is 15.9. The first-order valence-corrected chi connectivity index (χ1v) is 10.7. The van der Waals surface area contributed by atoms with Gasteiger partial charge in [-0.05, 0) is 60.0 Å². The number of hydrogen-bond acceptors (Lipinski definition) is 3. The Hall–Kier alpha value is -3.31. The summed E-state index contributed by atoms with van der Waals surface area (Å²) in [6.07, 6.45) is -9.27. The summed E-state index contributed by atoms with van der Waals surface area (Å²) in [6, 6.07) is 12.2. The second kappa shape index (κ2) is 8.80. The molecule has 0 spiro atoms. The lowest BCUT2D eigenvalue weighted by molar-refractivity contribution is -0.141. The Balaban J connectivity index is 1.62. The second-order valence-electron chi connectivity index (χ2n) is 7.00. The molecule has 0 aliphatic heterocycles. The molecule has 176 valence electrons. The van der Waals surface area contributed by atoms with Crippen molar-refractivity contribution in [3.8, 4) is 16.3 Å². The molecule has 0 unspecified atom stereocenters. The number of rotatable bonds is 4. The van der Waals surface area contributed by atoms with Crippen LogP contribution in [0.25, 0.3) is 16.3 Å². The highest BCUT2D eigenvalue weighted by Crippen LogP contribution is 2.36. The largest absolute Gasteiger partial charge is 0.435 e. The van der Waals surface area contributed by atoms with E-state index in [0.717, 1.165) is 22.9 Å². The van der Waals surface area contributed by atoms with Crippen LogP contribution in [0.4, 0.5) is 32.0 Å². The van der Waals surface area contributed by atoms with Gasteiger partial charge in [0.15, 0.2) is 5.69 Å². The molecule has 2 aromatic heterocycles. The zero-order valence-corrected chi connectivity index (χ0v) is 18.3. The van der Waals surface area contributed by atoms with Crippen molar-refractivity contribution in [3.63, 3.8) is 0 Å². The smallest absolute Gasteiger partial charge is 0.321 e. The first-order valence-electron chi connectivity index (χ1n) is 9.43. The van der Waals surface area contributed by atoms with Gasteiger partial charge in [-0.15, -0.1) is 11.3 Å². The van der Waals surface area contributed by atoms with Crippen LogP contribution in [0.1, 0.15) is 21.6 Å². The number of anilines is 1. The van der Waals surface area contributed by atoms with E-state index in [1.54, 1.807) is 17.5 Å². The summed E-state index contributed by atoms with van der Waals surface area (Å²) < 4.78 is 79.7. The fourth-order valence-corrected chi connectivity index (χ4v) is 3.95. The van der Waals surface area contributed by atoms with E-state index in [4.69, 9.17) is 11.6 Å². The predicted octanol–water partition coefficient (Wildman–Crippen LogP) is 7.54. The number of carbonyl (C=O) groups is 1. The summed E-state index contributed by atoms with van der Waals surface area (Å²) in [7, 11) is 0. The summed E-state index contributed by atoms with van der Waals surface area (Å²) in [4.78, 5) is 13.1. The fraction of sp³-hybridized carbons (Fsp3) is 0.0909. The number of benzene rings is 2. The van der Waals surface area contributed by atoms with Gasteiger partial charge in [-0.1, -0.05) is 17.7 Å². The standard InChI is InChI=1S/C22H12ClF6N3OS/c23-15-8-5-13(21(24,25)26)10-16(15)30-20(33)12-3-6-14(7-4-12)32-17(18-2-1-9-34-18)11-19(31-32)22(27,28)29/h1-11H,(H,30,33). The van der Waals surface area contributed by atoms with Crippen molar-refractivity contribution in [2.45, 2.75) is 12.4 Å². The number of hydrogen-bond donors (Lipinski definition) is 1. The van der Waals surface area contributed by atoms with E-state index in [1.165, 1.54) is 35.6 Å². The Bertz CT molecular complexity index is 1330. The number of thiophene rings is 1. The molecule has 0 atom stereocenters. The summed E-state index contributed by atoms with van der Waals surface area (Å²) in [5.41, 5.74) is -1.76. The number of amides is 1. The molecule has 0 bridgehead atoms. The van der Waals surface area contributed by atoms with E-state index in [0.29, 0.717) is 10.9 Å². The number of carbonyl (C=O) groups excluding carboxylic acids is 1. The second-order valence-corrected chi connectivity index (χ2v) is 8.35. The third-order valence-electron chi connectivity index (χ3n) is 4.69. The van der Waals surface area contributed by atoms with Crippen molar-refractivity contribution in [2.75, 3.05) is 5.32 Å². The van der Waals surface area contributed by atoms with Gasteiger partial charge in [0.25, 0.3) is 5.91 Å². The Labute approximate surface area is 197 Å². The first kappa shape index (κ1) is 23.8. The minimum Gasteiger partial charge on any atom is -0.321 e. The van der Waals surface area contributed by atoms with Crippen molar-refractivity contribution in [1.82, 2.24) is 9.78 Å². The van der Waals surface area contributed by atoms with Gasteiger partial charge < -0.3 is 5.32 Å². The number of halogens is 7. The predicted molar refractivity (Wildman–Crippen MR) is 116 cm³/mol. The van der Waals surface area contributed by atoms with E-state index in [1.807, 2.05) is 0 Å². The van der Waals surface area contributed by atoms with Gasteiger partial charge in [-0.3, -0.25) is 4.79 Å². The van der Waals surface area contributed by atoms with Crippen molar-refractivity contribution in [1.29, 1.82) is 0 Å². The molecular formula is C22H12ClF6N3OS. The topological polar surface area (TPSA) is 46.9 Å². The van der Waals surface area contributed by atoms with Crippen LogP contribution in [0.15, 0.2) is 66.0 Å². The van der Waals surface area contributed by atoms with Crippen molar-refractivity contribution >= 4 is 34.5 Å². The third-order valence-corrected chi connectivity index (χ3v) is 5.91. The molecule has 2 heterocycles. The van der Waals surface area contributed by atoms with E-state index < -0.39 is 29.5 Å². The van der Waals surface area contributed by atoms with Gasteiger partial charge in [-0.2, -0.15) is 31.4 Å². The maximum atomic E-state index is 13.2. The van der Waals surface area contributed by atoms with Gasteiger partial charge in [0.1, 0.15) is 0 Å². The molecular weight excluding hydrogens is 504 g/mol. The van der Waals surface area contributed by atoms with Crippen LogP contribution >= 0.6 is 22.9 Å². The van der Waals surface area contributed by atoms with Crippen molar-refractivity contribution < 1.29 is 31.1 Å². The molecule has 0 aliphatic rings. The van der Waals surface area contributed by atoms with Crippen molar-refractivity contribution in [3.05, 3.63) is 87.9 Å². The average molecular weight is 516 g/mol. The molecule has 4 aromatic rings. The molecule has 12 heteroatoms. The maximum absolute atomic E-state index is 13.2. The highest BCUT2D eigenvalue weighted by molar-refractivity contribution is 7.13. The van der Waals surface area contributed by atoms with Gasteiger partial charge in [0.2, 0.25) is 0 Å². The maximum Gasteiger partial charge on any atom is 0.435 e. The molecule has 34 heavy (non-hydrogen) atoms. The molecule has 0 saturated heterocycles. The summed E-state index contributed by atoms with van der Waals surface area (Å²) in [5, 5.41) is 7.61. The Morgan fingerprint density at radius 2 is 1.65 bits per heavy atom. The van der Waals surface area contributed by atoms with E-state index in [2.05, 4.69) is 10.4 Å². The van der Waals surface area contributed by atoms with Crippen LogP contribution in [0.5, 0.6) is 0 Å². The molecule has 4 nitrogen and oxygen atoms in total.